The van der Waals surface area contributed by atoms with Crippen molar-refractivity contribution < 1.29 is 27.4 Å². The molecule has 2 rings (SSSR count). The van der Waals surface area contributed by atoms with Crippen LogP contribution in [0.1, 0.15) is 105 Å². The summed E-state index contributed by atoms with van der Waals surface area (Å²) < 4.78 is 61.0. The average Bonchev–Trinajstić information content (AvgIpc) is 2.79. The Balaban J connectivity index is 2.48. The molecule has 0 fully saturated rings. The van der Waals surface area contributed by atoms with Crippen LogP contribution < -0.4 is 0 Å². The van der Waals surface area contributed by atoms with Gasteiger partial charge in [0.2, 0.25) is 0 Å². The summed E-state index contributed by atoms with van der Waals surface area (Å²) in [6.45, 7) is 13.9. The molecule has 1 atom stereocenters. The van der Waals surface area contributed by atoms with E-state index in [1.54, 1.807) is 12.1 Å². The molecule has 0 radical (unpaired) electrons. The lowest BCUT2D eigenvalue weighted by Gasteiger charge is -2.43. The summed E-state index contributed by atoms with van der Waals surface area (Å²) in [5, 5.41) is 0. The minimum absolute atomic E-state index is 0.0134. The fraction of sp³-hybridized carbons (Fsp3) is 0.613. The topological polar surface area (TPSA) is 27.7 Å². The summed E-state index contributed by atoms with van der Waals surface area (Å²) in [5.41, 5.74) is 1.39. The van der Waals surface area contributed by atoms with Gasteiger partial charge >= 0.3 is 0 Å². The monoisotopic (exact) mass is 522 g/mol. The molecule has 0 amide bonds. The quantitative estimate of drug-likeness (QED) is 0.125. The van der Waals surface area contributed by atoms with Crippen LogP contribution in [0, 0.1) is 17.5 Å². The predicted molar refractivity (Wildman–Crippen MR) is 144 cm³/mol. The fourth-order valence-electron chi connectivity index (χ4n) is 4.63. The molecular weight excluding hydrogens is 477 g/mol. The van der Waals surface area contributed by atoms with Crippen LogP contribution in [0.4, 0.5) is 13.2 Å². The average molecular weight is 523 g/mol. The molecule has 208 valence electrons. The molecule has 37 heavy (non-hydrogen) atoms. The molecule has 0 aliphatic rings. The first-order valence-electron chi connectivity index (χ1n) is 13.8. The lowest BCUT2D eigenvalue weighted by Crippen LogP contribution is -2.49. The molecule has 2 aromatic carbocycles. The molecule has 0 bridgehead atoms. The predicted octanol–water partition coefficient (Wildman–Crippen LogP) is 9.53. The van der Waals surface area contributed by atoms with E-state index in [1.807, 2.05) is 53.7 Å². The molecule has 3 nitrogen and oxygen atoms in total. The molecule has 0 aliphatic heterocycles. The largest absolute Gasteiger partial charge is 0.324 e. The van der Waals surface area contributed by atoms with Crippen LogP contribution in [0.25, 0.3) is 11.1 Å². The Hall–Kier alpha value is -1.89. The zero-order valence-corrected chi connectivity index (χ0v) is 23.6. The van der Waals surface area contributed by atoms with Gasteiger partial charge in [-0.3, -0.25) is 0 Å². The Labute approximate surface area is 221 Å². The van der Waals surface area contributed by atoms with Gasteiger partial charge in [-0.25, -0.2) is 13.2 Å². The third-order valence-electron chi connectivity index (χ3n) is 6.11. The highest BCUT2D eigenvalue weighted by molar-refractivity contribution is 5.64. The van der Waals surface area contributed by atoms with Crippen molar-refractivity contribution in [2.75, 3.05) is 0 Å². The molecule has 0 spiro atoms. The third-order valence-corrected chi connectivity index (χ3v) is 6.11. The molecule has 0 aliphatic carbocycles. The van der Waals surface area contributed by atoms with Gasteiger partial charge in [0.05, 0.1) is 24.2 Å². The van der Waals surface area contributed by atoms with E-state index in [9.17, 15) is 13.2 Å². The van der Waals surface area contributed by atoms with Gasteiger partial charge in [-0.2, -0.15) is 0 Å². The second-order valence-corrected chi connectivity index (χ2v) is 10.6. The van der Waals surface area contributed by atoms with Crippen molar-refractivity contribution in [2.24, 2.45) is 0 Å². The second kappa shape index (κ2) is 14.9. The van der Waals surface area contributed by atoms with Crippen LogP contribution in [-0.4, -0.2) is 24.3 Å². The standard InChI is InChI=1S/C31H45F3O3/c1-8-9-10-11-12-13-14-27(31(35-21(2)3,36-22(4)5)37-23(6)7)25-17-15-24(16-18-25)26-19-29(33)30(34)20-28(26)32/h15-23,27H,8-14H2,1-7H3. The maximum absolute atomic E-state index is 14.4. The van der Waals surface area contributed by atoms with Crippen molar-refractivity contribution in [1.82, 2.24) is 0 Å². The first-order chi connectivity index (χ1) is 17.5. The zero-order valence-electron chi connectivity index (χ0n) is 23.6. The number of benzene rings is 2. The smallest absolute Gasteiger partial charge is 0.290 e. The van der Waals surface area contributed by atoms with E-state index in [4.69, 9.17) is 14.2 Å². The van der Waals surface area contributed by atoms with Crippen LogP contribution >= 0.6 is 0 Å². The zero-order chi connectivity index (χ0) is 27.6. The summed E-state index contributed by atoms with van der Waals surface area (Å²) >= 11 is 0. The van der Waals surface area contributed by atoms with Gasteiger partial charge in [0.25, 0.3) is 5.97 Å². The molecule has 2 aromatic rings. The summed E-state index contributed by atoms with van der Waals surface area (Å²) in [6, 6.07) is 8.68. The molecule has 1 unspecified atom stereocenters. The summed E-state index contributed by atoms with van der Waals surface area (Å²) in [6.07, 6.45) is 7.20. The number of hydrogen-bond acceptors (Lipinski definition) is 3. The molecule has 0 heterocycles. The van der Waals surface area contributed by atoms with Crippen molar-refractivity contribution in [1.29, 1.82) is 0 Å². The van der Waals surface area contributed by atoms with Crippen molar-refractivity contribution in [2.45, 2.75) is 124 Å². The number of ether oxygens (including phenoxy) is 3. The van der Waals surface area contributed by atoms with Gasteiger partial charge in [0.15, 0.2) is 11.6 Å². The molecule has 0 N–H and O–H groups in total. The lowest BCUT2D eigenvalue weighted by molar-refractivity contribution is -0.420. The van der Waals surface area contributed by atoms with E-state index < -0.39 is 23.4 Å². The Morgan fingerprint density at radius 3 is 1.65 bits per heavy atom. The minimum atomic E-state index is -1.31. The second-order valence-electron chi connectivity index (χ2n) is 10.6. The number of unbranched alkanes of at least 4 members (excludes halogenated alkanes) is 5. The van der Waals surface area contributed by atoms with Gasteiger partial charge in [-0.15, -0.1) is 0 Å². The maximum atomic E-state index is 14.4. The summed E-state index contributed by atoms with van der Waals surface area (Å²) in [7, 11) is 0. The highest BCUT2D eigenvalue weighted by Gasteiger charge is 2.46. The van der Waals surface area contributed by atoms with E-state index in [0.717, 1.165) is 30.9 Å². The maximum Gasteiger partial charge on any atom is 0.290 e. The molecule has 0 aromatic heterocycles. The van der Waals surface area contributed by atoms with E-state index in [-0.39, 0.29) is 29.8 Å². The van der Waals surface area contributed by atoms with Crippen LogP contribution in [0.2, 0.25) is 0 Å². The number of rotatable bonds is 16. The molecular formula is C31H45F3O3. The van der Waals surface area contributed by atoms with Gasteiger partial charge in [0, 0.05) is 11.6 Å². The highest BCUT2D eigenvalue weighted by Crippen LogP contribution is 2.41. The van der Waals surface area contributed by atoms with Crippen LogP contribution in [0.3, 0.4) is 0 Å². The first kappa shape index (κ1) is 31.3. The highest BCUT2D eigenvalue weighted by atomic mass is 19.2. The third kappa shape index (κ3) is 9.42. The van der Waals surface area contributed by atoms with Gasteiger partial charge in [-0.1, -0.05) is 69.7 Å². The Morgan fingerprint density at radius 2 is 1.14 bits per heavy atom. The first-order valence-corrected chi connectivity index (χ1v) is 13.8. The van der Waals surface area contributed by atoms with Crippen molar-refractivity contribution in [3.8, 4) is 11.1 Å². The Bertz CT molecular complexity index is 915. The summed E-state index contributed by atoms with van der Waals surface area (Å²) in [4.78, 5) is 0. The summed E-state index contributed by atoms with van der Waals surface area (Å²) in [5.74, 6) is -4.66. The number of hydrogen-bond donors (Lipinski definition) is 0. The normalized spacial score (nSPS) is 13.2. The molecule has 0 saturated carbocycles. The van der Waals surface area contributed by atoms with E-state index in [2.05, 4.69) is 6.92 Å². The number of halogens is 3. The van der Waals surface area contributed by atoms with E-state index in [1.165, 1.54) is 25.7 Å². The Kier molecular flexibility index (Phi) is 12.6. The SMILES string of the molecule is CCCCCCCCC(c1ccc(-c2cc(F)c(F)cc2F)cc1)C(OC(C)C)(OC(C)C)OC(C)C. The van der Waals surface area contributed by atoms with Gasteiger partial charge in [-0.05, 0) is 65.2 Å². The lowest BCUT2D eigenvalue weighted by atomic mass is 9.88. The van der Waals surface area contributed by atoms with E-state index in [0.29, 0.717) is 11.6 Å². The van der Waals surface area contributed by atoms with Crippen LogP contribution in [0.5, 0.6) is 0 Å². The minimum Gasteiger partial charge on any atom is -0.324 e. The molecule has 0 saturated heterocycles. The van der Waals surface area contributed by atoms with Crippen molar-refractivity contribution >= 4 is 0 Å². The van der Waals surface area contributed by atoms with Crippen molar-refractivity contribution in [3.63, 3.8) is 0 Å². The van der Waals surface area contributed by atoms with Crippen LogP contribution in [0.15, 0.2) is 36.4 Å². The molecule has 6 heteroatoms. The fourth-order valence-corrected chi connectivity index (χ4v) is 4.63. The Morgan fingerprint density at radius 1 is 0.649 bits per heavy atom. The van der Waals surface area contributed by atoms with Gasteiger partial charge < -0.3 is 14.2 Å². The van der Waals surface area contributed by atoms with Gasteiger partial charge in [0.1, 0.15) is 5.82 Å². The van der Waals surface area contributed by atoms with E-state index >= 15 is 0 Å². The van der Waals surface area contributed by atoms with Crippen molar-refractivity contribution in [3.05, 3.63) is 59.4 Å². The van der Waals surface area contributed by atoms with Crippen LogP contribution in [-0.2, 0) is 14.2 Å².